The highest BCUT2D eigenvalue weighted by Crippen LogP contribution is 2.23. The van der Waals surface area contributed by atoms with E-state index >= 15 is 0 Å². The molecular formula is C23H29N5O2S. The molecule has 2 N–H and O–H groups in total. The number of aromatic nitrogens is 2. The third-order valence-corrected chi connectivity index (χ3v) is 5.66. The van der Waals surface area contributed by atoms with Gasteiger partial charge < -0.3 is 19.9 Å². The summed E-state index contributed by atoms with van der Waals surface area (Å²) in [6.45, 7) is 4.61. The summed E-state index contributed by atoms with van der Waals surface area (Å²) in [6.07, 6.45) is 5.31. The van der Waals surface area contributed by atoms with Crippen LogP contribution in [0.5, 0.6) is 5.75 Å². The lowest BCUT2D eigenvalue weighted by molar-refractivity contribution is 0.241. The largest absolute Gasteiger partial charge is 0.497 e. The van der Waals surface area contributed by atoms with Crippen LogP contribution in [0.3, 0.4) is 0 Å². The first-order valence-electron chi connectivity index (χ1n) is 10.4. The number of amides is 2. The summed E-state index contributed by atoms with van der Waals surface area (Å²) in [6, 6.07) is 12.0. The maximum atomic E-state index is 11.6. The maximum absolute atomic E-state index is 11.6. The summed E-state index contributed by atoms with van der Waals surface area (Å²) in [5.41, 5.74) is 3.46. The van der Waals surface area contributed by atoms with Gasteiger partial charge in [-0.15, -0.1) is 11.3 Å². The molecule has 0 radical (unpaired) electrons. The highest BCUT2D eigenvalue weighted by Gasteiger charge is 2.09. The molecule has 0 unspecified atom stereocenters. The number of ether oxygens (including phenoxy) is 1. The minimum Gasteiger partial charge on any atom is -0.497 e. The first kappa shape index (κ1) is 22.6. The van der Waals surface area contributed by atoms with Crippen LogP contribution in [0, 0.1) is 0 Å². The molecule has 31 heavy (non-hydrogen) atoms. The second kappa shape index (κ2) is 11.9. The normalized spacial score (nSPS) is 11.4. The summed E-state index contributed by atoms with van der Waals surface area (Å²) in [4.78, 5) is 21.5. The standard InChI is InChI=1S/C23H29N5O2S/c1-3-25-22(29)26-12-4-16-28-21(19-5-7-20(30-2)8-6-19)17-31-23(28)27-15-11-18-9-13-24-14-10-18/h5-10,13-14,17H,3-4,11-12,15-16H2,1-2H3,(H2,25,26,29)/b27-23-. The Balaban J connectivity index is 1.76. The number of methoxy groups -OCH3 is 1. The van der Waals surface area contributed by atoms with E-state index in [1.807, 2.05) is 43.6 Å². The number of rotatable bonds is 10. The summed E-state index contributed by atoms with van der Waals surface area (Å²) in [5, 5.41) is 7.79. The van der Waals surface area contributed by atoms with E-state index in [1.54, 1.807) is 18.4 Å². The minimum atomic E-state index is -0.129. The van der Waals surface area contributed by atoms with Gasteiger partial charge in [0.1, 0.15) is 5.75 Å². The Labute approximate surface area is 186 Å². The van der Waals surface area contributed by atoms with Crippen LogP contribution >= 0.6 is 11.3 Å². The summed E-state index contributed by atoms with van der Waals surface area (Å²) >= 11 is 1.64. The second-order valence-corrected chi connectivity index (χ2v) is 7.75. The van der Waals surface area contributed by atoms with Gasteiger partial charge in [0.15, 0.2) is 4.80 Å². The van der Waals surface area contributed by atoms with Crippen molar-refractivity contribution in [2.45, 2.75) is 26.3 Å². The van der Waals surface area contributed by atoms with Gasteiger partial charge in [0.05, 0.1) is 12.8 Å². The number of hydrogen-bond acceptors (Lipinski definition) is 5. The fourth-order valence-corrected chi connectivity index (χ4v) is 4.12. The molecule has 0 spiro atoms. The minimum absolute atomic E-state index is 0.129. The number of benzene rings is 1. The van der Waals surface area contributed by atoms with Gasteiger partial charge in [0.25, 0.3) is 0 Å². The Hall–Kier alpha value is -3.13. The van der Waals surface area contributed by atoms with Crippen LogP contribution in [0.15, 0.2) is 59.2 Å². The van der Waals surface area contributed by atoms with Crippen LogP contribution in [0.2, 0.25) is 0 Å². The zero-order chi connectivity index (χ0) is 21.9. The molecule has 0 saturated carbocycles. The second-order valence-electron chi connectivity index (χ2n) is 6.91. The SMILES string of the molecule is CCNC(=O)NCCCn1c(-c2ccc(OC)cc2)cs/c1=N\CCc1ccncc1. The average molecular weight is 440 g/mol. The topological polar surface area (TPSA) is 80.5 Å². The third kappa shape index (κ3) is 6.68. The quantitative estimate of drug-likeness (QED) is 0.475. The Morgan fingerprint density at radius 2 is 1.94 bits per heavy atom. The Kier molecular flexibility index (Phi) is 8.66. The van der Waals surface area contributed by atoms with Crippen molar-refractivity contribution in [1.82, 2.24) is 20.2 Å². The number of carbonyl (C=O) groups is 1. The maximum Gasteiger partial charge on any atom is 0.314 e. The number of pyridine rings is 1. The van der Waals surface area contributed by atoms with Crippen molar-refractivity contribution in [2.75, 3.05) is 26.7 Å². The van der Waals surface area contributed by atoms with Gasteiger partial charge in [-0.25, -0.2) is 4.79 Å². The lowest BCUT2D eigenvalue weighted by Gasteiger charge is -2.11. The van der Waals surface area contributed by atoms with E-state index in [2.05, 4.69) is 37.7 Å². The van der Waals surface area contributed by atoms with Gasteiger partial charge in [0, 0.05) is 44.0 Å². The highest BCUT2D eigenvalue weighted by atomic mass is 32.1. The van der Waals surface area contributed by atoms with E-state index in [9.17, 15) is 4.79 Å². The number of nitrogens with zero attached hydrogens (tertiary/aromatic N) is 3. The molecule has 1 aromatic carbocycles. The molecule has 0 atom stereocenters. The number of thiazole rings is 1. The lowest BCUT2D eigenvalue weighted by Crippen LogP contribution is -2.36. The van der Waals surface area contributed by atoms with Crippen molar-refractivity contribution >= 4 is 17.4 Å². The van der Waals surface area contributed by atoms with E-state index in [1.165, 1.54) is 5.56 Å². The zero-order valence-electron chi connectivity index (χ0n) is 18.0. The molecule has 0 bridgehead atoms. The Morgan fingerprint density at radius 1 is 1.16 bits per heavy atom. The van der Waals surface area contributed by atoms with Crippen molar-refractivity contribution in [3.8, 4) is 17.0 Å². The number of nitrogens with one attached hydrogen (secondary N) is 2. The molecule has 8 heteroatoms. The molecule has 2 amide bonds. The van der Waals surface area contributed by atoms with E-state index in [-0.39, 0.29) is 6.03 Å². The van der Waals surface area contributed by atoms with Crippen LogP contribution in [0.4, 0.5) is 4.79 Å². The molecule has 3 rings (SSSR count). The molecule has 3 aromatic rings. The van der Waals surface area contributed by atoms with Gasteiger partial charge in [0.2, 0.25) is 0 Å². The smallest absolute Gasteiger partial charge is 0.314 e. The summed E-state index contributed by atoms with van der Waals surface area (Å²) in [5.74, 6) is 0.832. The van der Waals surface area contributed by atoms with Crippen LogP contribution < -0.4 is 20.2 Å². The van der Waals surface area contributed by atoms with Gasteiger partial charge in [-0.1, -0.05) is 0 Å². The fourth-order valence-electron chi connectivity index (χ4n) is 3.16. The van der Waals surface area contributed by atoms with E-state index in [0.29, 0.717) is 19.6 Å². The predicted molar refractivity (Wildman–Crippen MR) is 124 cm³/mol. The third-order valence-electron chi connectivity index (χ3n) is 4.76. The van der Waals surface area contributed by atoms with Crippen molar-refractivity contribution in [1.29, 1.82) is 0 Å². The number of hydrogen-bond donors (Lipinski definition) is 2. The summed E-state index contributed by atoms with van der Waals surface area (Å²) < 4.78 is 7.52. The van der Waals surface area contributed by atoms with E-state index in [0.717, 1.165) is 41.2 Å². The highest BCUT2D eigenvalue weighted by molar-refractivity contribution is 7.07. The molecule has 7 nitrogen and oxygen atoms in total. The Morgan fingerprint density at radius 3 is 2.65 bits per heavy atom. The molecule has 0 aliphatic carbocycles. The van der Waals surface area contributed by atoms with E-state index in [4.69, 9.17) is 9.73 Å². The molecule has 2 aromatic heterocycles. The van der Waals surface area contributed by atoms with Crippen LogP contribution in [-0.2, 0) is 13.0 Å². The predicted octanol–water partition coefficient (Wildman–Crippen LogP) is 3.47. The molecule has 164 valence electrons. The van der Waals surface area contributed by atoms with Crippen molar-refractivity contribution in [3.05, 3.63) is 64.5 Å². The van der Waals surface area contributed by atoms with Gasteiger partial charge in [-0.2, -0.15) is 0 Å². The molecule has 0 fully saturated rings. The lowest BCUT2D eigenvalue weighted by atomic mass is 10.1. The number of carbonyl (C=O) groups excluding carboxylic acids is 1. The molecular weight excluding hydrogens is 410 g/mol. The Bertz CT molecular complexity index is 1010. The average Bonchev–Trinajstić information content (AvgIpc) is 3.20. The first-order chi connectivity index (χ1) is 15.2. The number of urea groups is 1. The van der Waals surface area contributed by atoms with Crippen molar-refractivity contribution in [2.24, 2.45) is 4.99 Å². The van der Waals surface area contributed by atoms with E-state index < -0.39 is 0 Å². The zero-order valence-corrected chi connectivity index (χ0v) is 18.8. The van der Waals surface area contributed by atoms with Gasteiger partial charge in [-0.05, 0) is 67.3 Å². The molecule has 2 heterocycles. The summed E-state index contributed by atoms with van der Waals surface area (Å²) in [7, 11) is 1.67. The van der Waals surface area contributed by atoms with Crippen molar-refractivity contribution in [3.63, 3.8) is 0 Å². The monoisotopic (exact) mass is 439 g/mol. The van der Waals surface area contributed by atoms with Crippen LogP contribution in [0.1, 0.15) is 18.9 Å². The molecule has 0 aliphatic heterocycles. The first-order valence-corrected chi connectivity index (χ1v) is 11.3. The molecule has 0 saturated heterocycles. The molecule has 0 aliphatic rings. The fraction of sp³-hybridized carbons (Fsp3) is 0.348. The van der Waals surface area contributed by atoms with Crippen LogP contribution in [-0.4, -0.2) is 42.3 Å². The van der Waals surface area contributed by atoms with Gasteiger partial charge >= 0.3 is 6.03 Å². The van der Waals surface area contributed by atoms with Gasteiger partial charge in [-0.3, -0.25) is 9.98 Å². The van der Waals surface area contributed by atoms with Crippen molar-refractivity contribution < 1.29 is 9.53 Å². The van der Waals surface area contributed by atoms with Crippen LogP contribution in [0.25, 0.3) is 11.3 Å².